The highest BCUT2D eigenvalue weighted by Gasteiger charge is 2.15. The maximum Gasteiger partial charge on any atom is 0.185 e. The number of carbonyl (C=O) groups is 1. The molecule has 0 radical (unpaired) electrons. The lowest BCUT2D eigenvalue weighted by Crippen LogP contribution is -2.40. The molecule has 1 saturated heterocycles. The lowest BCUT2D eigenvalue weighted by Gasteiger charge is -2.21. The lowest BCUT2D eigenvalue weighted by atomic mass is 10.1. The van der Waals surface area contributed by atoms with E-state index in [1.807, 2.05) is 18.2 Å². The van der Waals surface area contributed by atoms with Crippen LogP contribution in [0.5, 0.6) is 5.75 Å². The van der Waals surface area contributed by atoms with E-state index < -0.39 is 0 Å². The van der Waals surface area contributed by atoms with E-state index in [4.69, 9.17) is 27.9 Å². The van der Waals surface area contributed by atoms with Crippen molar-refractivity contribution in [3.63, 3.8) is 0 Å². The van der Waals surface area contributed by atoms with Gasteiger partial charge in [0, 0.05) is 56.4 Å². The minimum absolute atomic E-state index is 0.330. The highest BCUT2D eigenvalue weighted by molar-refractivity contribution is 6.37. The molecule has 0 unspecified atom stereocenters. The number of ether oxygens (including phenoxy) is 1. The summed E-state index contributed by atoms with van der Waals surface area (Å²) in [6, 6.07) is 11.0. The van der Waals surface area contributed by atoms with Gasteiger partial charge in [-0.3, -0.25) is 9.78 Å². The van der Waals surface area contributed by atoms with Gasteiger partial charge >= 0.3 is 0 Å². The molecular weight excluding hydrogens is 525 g/mol. The van der Waals surface area contributed by atoms with E-state index in [-0.39, 0.29) is 0 Å². The molecule has 2 aromatic heterocycles. The SMILES string of the molecule is CN1CCNCC1.COc1cc(Nc2c(C#N)cnc3cc(-c4cnc(C=O)n4C)ccc23)c(Cl)cc1Cl. The first-order valence-electron chi connectivity index (χ1n) is 11.9. The molecule has 196 valence electrons. The third-order valence-electron chi connectivity index (χ3n) is 6.26. The van der Waals surface area contributed by atoms with Gasteiger partial charge in [0.15, 0.2) is 12.1 Å². The van der Waals surface area contributed by atoms with Gasteiger partial charge in [-0.05, 0) is 25.2 Å². The molecule has 9 nitrogen and oxygen atoms in total. The van der Waals surface area contributed by atoms with Crippen LogP contribution < -0.4 is 15.4 Å². The molecule has 1 aliphatic rings. The van der Waals surface area contributed by atoms with Gasteiger partial charge in [0.25, 0.3) is 0 Å². The zero-order chi connectivity index (χ0) is 27.2. The van der Waals surface area contributed by atoms with E-state index in [9.17, 15) is 10.1 Å². The molecule has 2 N–H and O–H groups in total. The number of nitrogens with one attached hydrogen (secondary N) is 2. The number of piperazine rings is 1. The lowest BCUT2D eigenvalue weighted by molar-refractivity contribution is 0.111. The van der Waals surface area contributed by atoms with Crippen LogP contribution in [-0.2, 0) is 7.05 Å². The zero-order valence-corrected chi connectivity index (χ0v) is 22.8. The number of fused-ring (bicyclic) bond motifs is 1. The van der Waals surface area contributed by atoms with E-state index >= 15 is 0 Å². The fraction of sp³-hybridized carbons (Fsp3) is 0.259. The summed E-state index contributed by atoms with van der Waals surface area (Å²) in [5.41, 5.74) is 3.72. The molecule has 2 aromatic carbocycles. The Morgan fingerprint density at radius 2 is 1.87 bits per heavy atom. The van der Waals surface area contributed by atoms with Crippen LogP contribution >= 0.6 is 23.2 Å². The molecule has 0 aliphatic carbocycles. The van der Waals surface area contributed by atoms with Crippen molar-refractivity contribution in [3.8, 4) is 23.1 Å². The third kappa shape index (κ3) is 5.90. The number of hydrogen-bond acceptors (Lipinski definition) is 8. The Hall–Kier alpha value is -3.68. The van der Waals surface area contributed by atoms with E-state index in [0.717, 1.165) is 29.7 Å². The first-order chi connectivity index (χ1) is 18.4. The van der Waals surface area contributed by atoms with Crippen molar-refractivity contribution in [2.45, 2.75) is 0 Å². The van der Waals surface area contributed by atoms with Gasteiger partial charge in [0.2, 0.25) is 0 Å². The van der Waals surface area contributed by atoms with Crippen molar-refractivity contribution < 1.29 is 9.53 Å². The minimum atomic E-state index is 0.330. The second-order valence-corrected chi connectivity index (χ2v) is 9.53. The smallest absolute Gasteiger partial charge is 0.185 e. The van der Waals surface area contributed by atoms with Crippen molar-refractivity contribution in [2.24, 2.45) is 7.05 Å². The van der Waals surface area contributed by atoms with Gasteiger partial charge < -0.3 is 24.8 Å². The van der Waals surface area contributed by atoms with Crippen LogP contribution in [0.2, 0.25) is 10.0 Å². The number of nitriles is 1. The van der Waals surface area contributed by atoms with Gasteiger partial charge in [0.1, 0.15) is 11.8 Å². The van der Waals surface area contributed by atoms with E-state index in [1.54, 1.807) is 29.9 Å². The highest BCUT2D eigenvalue weighted by atomic mass is 35.5. The van der Waals surface area contributed by atoms with Gasteiger partial charge in [-0.25, -0.2) is 4.98 Å². The topological polar surface area (TPSA) is 108 Å². The number of carbonyl (C=O) groups excluding carboxylic acids is 1. The number of hydrogen-bond donors (Lipinski definition) is 2. The second-order valence-electron chi connectivity index (χ2n) is 8.71. The molecule has 1 fully saturated rings. The van der Waals surface area contributed by atoms with E-state index in [1.165, 1.54) is 26.4 Å². The summed E-state index contributed by atoms with van der Waals surface area (Å²) in [6.45, 7) is 4.74. The number of aromatic nitrogens is 3. The average Bonchev–Trinajstić information content (AvgIpc) is 3.30. The quantitative estimate of drug-likeness (QED) is 0.337. The molecular formula is C27H27Cl2N7O2. The number of halogens is 2. The Kier molecular flexibility index (Phi) is 8.81. The first kappa shape index (κ1) is 27.4. The summed E-state index contributed by atoms with van der Waals surface area (Å²) in [5.74, 6) is 0.784. The van der Waals surface area contributed by atoms with E-state index in [2.05, 4.69) is 38.6 Å². The summed E-state index contributed by atoms with van der Waals surface area (Å²) >= 11 is 12.5. The average molecular weight is 552 g/mol. The normalized spacial score (nSPS) is 13.4. The summed E-state index contributed by atoms with van der Waals surface area (Å²) in [5, 5.41) is 17.6. The number of pyridine rings is 1. The summed E-state index contributed by atoms with van der Waals surface area (Å²) in [4.78, 5) is 22.0. The van der Waals surface area contributed by atoms with Crippen LogP contribution in [0.4, 0.5) is 11.4 Å². The van der Waals surface area contributed by atoms with Crippen LogP contribution in [-0.4, -0.2) is 66.1 Å². The Balaban J connectivity index is 0.000000417. The fourth-order valence-electron chi connectivity index (χ4n) is 4.07. The van der Waals surface area contributed by atoms with Gasteiger partial charge in [0.05, 0.1) is 51.5 Å². The molecule has 4 aromatic rings. The highest BCUT2D eigenvalue weighted by Crippen LogP contribution is 2.38. The summed E-state index contributed by atoms with van der Waals surface area (Å²) < 4.78 is 6.97. The van der Waals surface area contributed by atoms with E-state index in [0.29, 0.717) is 50.4 Å². The number of likely N-dealkylation sites (N-methyl/N-ethyl adjacent to an activating group) is 1. The zero-order valence-electron chi connectivity index (χ0n) is 21.3. The number of imidazole rings is 1. The predicted molar refractivity (Wildman–Crippen MR) is 151 cm³/mol. The Morgan fingerprint density at radius 1 is 1.11 bits per heavy atom. The molecule has 3 heterocycles. The van der Waals surface area contributed by atoms with Crippen molar-refractivity contribution in [3.05, 3.63) is 64.2 Å². The Morgan fingerprint density at radius 3 is 2.47 bits per heavy atom. The van der Waals surface area contributed by atoms with Crippen molar-refractivity contribution in [1.82, 2.24) is 24.8 Å². The van der Waals surface area contributed by atoms with Gasteiger partial charge in [-0.1, -0.05) is 29.3 Å². The monoisotopic (exact) mass is 551 g/mol. The maximum atomic E-state index is 11.1. The number of methoxy groups -OCH3 is 1. The van der Waals surface area contributed by atoms with Crippen molar-refractivity contribution >= 4 is 51.8 Å². The predicted octanol–water partition coefficient (Wildman–Crippen LogP) is 4.90. The molecule has 0 spiro atoms. The molecule has 0 saturated carbocycles. The molecule has 5 rings (SSSR count). The standard InChI is InChI=1S/C22H15Cl2N5O2.C5H12N2/c1-29-19(10-27-21(29)11-30)12-3-4-14-17(5-12)26-9-13(8-25)22(14)28-18-7-20(31-2)16(24)6-15(18)23;1-7-4-2-6-3-5-7/h3-7,9-11H,1-2H3,(H,26,28);6H,2-5H2,1H3. The fourth-order valence-corrected chi connectivity index (χ4v) is 4.57. The number of nitrogens with zero attached hydrogens (tertiary/aromatic N) is 5. The summed E-state index contributed by atoms with van der Waals surface area (Å²) in [7, 11) is 5.43. The Bertz CT molecular complexity index is 1510. The number of anilines is 2. The van der Waals surface area contributed by atoms with Gasteiger partial charge in [-0.2, -0.15) is 5.26 Å². The molecule has 0 bridgehead atoms. The third-order valence-corrected chi connectivity index (χ3v) is 6.86. The van der Waals surface area contributed by atoms with Crippen LogP contribution in [0.1, 0.15) is 16.2 Å². The largest absolute Gasteiger partial charge is 0.495 e. The second kappa shape index (κ2) is 12.2. The van der Waals surface area contributed by atoms with Crippen LogP contribution in [0.15, 0.2) is 42.7 Å². The van der Waals surface area contributed by atoms with Crippen molar-refractivity contribution in [1.29, 1.82) is 5.26 Å². The first-order valence-corrected chi connectivity index (χ1v) is 12.6. The van der Waals surface area contributed by atoms with Crippen LogP contribution in [0.3, 0.4) is 0 Å². The minimum Gasteiger partial charge on any atom is -0.495 e. The number of benzene rings is 2. The van der Waals surface area contributed by atoms with Crippen LogP contribution in [0.25, 0.3) is 22.2 Å². The summed E-state index contributed by atoms with van der Waals surface area (Å²) in [6.07, 6.45) is 3.83. The molecule has 38 heavy (non-hydrogen) atoms. The number of aldehydes is 1. The number of rotatable bonds is 5. The molecule has 0 atom stereocenters. The van der Waals surface area contributed by atoms with Gasteiger partial charge in [-0.15, -0.1) is 0 Å². The van der Waals surface area contributed by atoms with Crippen LogP contribution in [0, 0.1) is 11.3 Å². The maximum absolute atomic E-state index is 11.1. The van der Waals surface area contributed by atoms with Crippen molar-refractivity contribution in [2.75, 3.05) is 45.7 Å². The molecule has 1 aliphatic heterocycles. The molecule has 11 heteroatoms. The molecule has 0 amide bonds. The Labute approximate surface area is 231 Å².